The van der Waals surface area contributed by atoms with E-state index in [0.29, 0.717) is 20.1 Å². The molecule has 0 amide bonds. The van der Waals surface area contributed by atoms with Crippen molar-refractivity contribution in [3.05, 3.63) is 67.6 Å². The minimum absolute atomic E-state index is 0.413. The molecular formula is C12H7Cl5. The van der Waals surface area contributed by atoms with Crippen molar-refractivity contribution in [2.75, 3.05) is 0 Å². The normalized spacial score (nSPS) is 9.47. The van der Waals surface area contributed by atoms with Gasteiger partial charge in [-0.2, -0.15) is 0 Å². The lowest BCUT2D eigenvalue weighted by molar-refractivity contribution is 1.70. The van der Waals surface area contributed by atoms with Gasteiger partial charge in [-0.25, -0.2) is 0 Å². The van der Waals surface area contributed by atoms with Crippen molar-refractivity contribution in [1.82, 2.24) is 0 Å². The van der Waals surface area contributed by atoms with Crippen LogP contribution in [0.5, 0.6) is 0 Å². The summed E-state index contributed by atoms with van der Waals surface area (Å²) in [5.41, 5.74) is 0. The molecule has 0 fully saturated rings. The van der Waals surface area contributed by atoms with Crippen molar-refractivity contribution >= 4 is 58.0 Å². The van der Waals surface area contributed by atoms with Crippen LogP contribution >= 0.6 is 58.0 Å². The summed E-state index contributed by atoms with van der Waals surface area (Å²) >= 11 is 28.0. The lowest BCUT2D eigenvalue weighted by Crippen LogP contribution is -1.70. The van der Waals surface area contributed by atoms with Gasteiger partial charge in [-0.15, -0.1) is 0 Å². The zero-order valence-corrected chi connectivity index (χ0v) is 12.2. The first kappa shape index (κ1) is 14.9. The Hall–Kier alpha value is -0.110. The van der Waals surface area contributed by atoms with Gasteiger partial charge in [-0.05, 0) is 24.3 Å². The lowest BCUT2D eigenvalue weighted by atomic mass is 10.4. The average Bonchev–Trinajstić information content (AvgIpc) is 2.28. The maximum Gasteiger partial charge on any atom is 0.0608 e. The Morgan fingerprint density at radius 3 is 1.12 bits per heavy atom. The first-order chi connectivity index (χ1) is 8.00. The third-order valence-electron chi connectivity index (χ3n) is 1.70. The summed E-state index contributed by atoms with van der Waals surface area (Å²) in [5, 5.41) is 2.45. The number of rotatable bonds is 0. The highest BCUT2D eigenvalue weighted by Gasteiger charge is 2.02. The SMILES string of the molecule is Clc1cc(Cl)c(Cl)cc1Cl.Clc1ccccc1. The maximum atomic E-state index is 5.61. The van der Waals surface area contributed by atoms with Gasteiger partial charge in [0, 0.05) is 5.02 Å². The standard InChI is InChI=1S/C6H2Cl4.C6H5Cl/c7-3-1-4(8)6(10)2-5(3)9;7-6-4-2-1-3-5-6/h1-2H;1-5H. The zero-order valence-electron chi connectivity index (χ0n) is 8.43. The minimum atomic E-state index is 0.413. The monoisotopic (exact) mass is 326 g/mol. The van der Waals surface area contributed by atoms with E-state index in [2.05, 4.69) is 0 Å². The van der Waals surface area contributed by atoms with Crippen molar-refractivity contribution in [3.8, 4) is 0 Å². The number of hydrogen-bond acceptors (Lipinski definition) is 0. The molecule has 0 saturated heterocycles. The first-order valence-electron chi connectivity index (χ1n) is 4.51. The summed E-state index contributed by atoms with van der Waals surface area (Å²) in [6.45, 7) is 0. The Balaban J connectivity index is 0.000000181. The molecule has 0 atom stereocenters. The number of halogens is 5. The van der Waals surface area contributed by atoms with Gasteiger partial charge in [0.05, 0.1) is 20.1 Å². The molecule has 0 bridgehead atoms. The Labute approximate surface area is 125 Å². The Bertz CT molecular complexity index is 432. The number of hydrogen-bond donors (Lipinski definition) is 0. The lowest BCUT2D eigenvalue weighted by Gasteiger charge is -1.97. The highest BCUT2D eigenvalue weighted by atomic mass is 35.5. The van der Waals surface area contributed by atoms with E-state index in [-0.39, 0.29) is 0 Å². The Morgan fingerprint density at radius 2 is 0.882 bits per heavy atom. The van der Waals surface area contributed by atoms with Crippen LogP contribution in [0.4, 0.5) is 0 Å². The van der Waals surface area contributed by atoms with E-state index in [1.165, 1.54) is 12.1 Å². The molecule has 2 rings (SSSR count). The molecule has 0 nitrogen and oxygen atoms in total. The van der Waals surface area contributed by atoms with Crippen LogP contribution in [-0.2, 0) is 0 Å². The molecule has 0 N–H and O–H groups in total. The molecule has 0 saturated carbocycles. The second kappa shape index (κ2) is 7.35. The fourth-order valence-corrected chi connectivity index (χ4v) is 1.82. The second-order valence-electron chi connectivity index (χ2n) is 2.98. The average molecular weight is 328 g/mol. The smallest absolute Gasteiger partial charge is 0.0608 e. The molecule has 0 spiro atoms. The van der Waals surface area contributed by atoms with Crippen molar-refractivity contribution in [2.24, 2.45) is 0 Å². The van der Waals surface area contributed by atoms with Gasteiger partial charge in [0.25, 0.3) is 0 Å². The maximum absolute atomic E-state index is 5.61. The summed E-state index contributed by atoms with van der Waals surface area (Å²) in [4.78, 5) is 0. The molecular weight excluding hydrogens is 321 g/mol. The van der Waals surface area contributed by atoms with E-state index in [4.69, 9.17) is 58.0 Å². The van der Waals surface area contributed by atoms with Gasteiger partial charge in [0.15, 0.2) is 0 Å². The van der Waals surface area contributed by atoms with Crippen LogP contribution in [-0.4, -0.2) is 0 Å². The molecule has 0 radical (unpaired) electrons. The Kier molecular flexibility index (Phi) is 6.47. The van der Waals surface area contributed by atoms with Crippen LogP contribution < -0.4 is 0 Å². The van der Waals surface area contributed by atoms with Gasteiger partial charge in [0.1, 0.15) is 0 Å². The van der Waals surface area contributed by atoms with E-state index in [1.807, 2.05) is 30.3 Å². The second-order valence-corrected chi connectivity index (χ2v) is 5.04. The third-order valence-corrected chi connectivity index (χ3v) is 3.39. The molecule has 2 aromatic carbocycles. The summed E-state index contributed by atoms with van der Waals surface area (Å²) in [5.74, 6) is 0. The summed E-state index contributed by atoms with van der Waals surface area (Å²) in [7, 11) is 0. The van der Waals surface area contributed by atoms with Crippen LogP contribution in [0.2, 0.25) is 25.1 Å². The third kappa shape index (κ3) is 5.37. The minimum Gasteiger partial charge on any atom is -0.0843 e. The van der Waals surface area contributed by atoms with E-state index in [0.717, 1.165) is 5.02 Å². The quantitative estimate of drug-likeness (QED) is 0.475. The van der Waals surface area contributed by atoms with Crippen molar-refractivity contribution in [1.29, 1.82) is 0 Å². The van der Waals surface area contributed by atoms with E-state index < -0.39 is 0 Å². The van der Waals surface area contributed by atoms with Gasteiger partial charge in [-0.3, -0.25) is 0 Å². The summed E-state index contributed by atoms with van der Waals surface area (Å²) in [6.07, 6.45) is 0. The summed E-state index contributed by atoms with van der Waals surface area (Å²) in [6, 6.07) is 12.5. The van der Waals surface area contributed by atoms with Crippen molar-refractivity contribution < 1.29 is 0 Å². The highest BCUT2D eigenvalue weighted by molar-refractivity contribution is 6.47. The Morgan fingerprint density at radius 1 is 0.529 bits per heavy atom. The van der Waals surface area contributed by atoms with E-state index >= 15 is 0 Å². The predicted molar refractivity (Wildman–Crippen MR) is 77.9 cm³/mol. The van der Waals surface area contributed by atoms with Crippen LogP contribution in [0.15, 0.2) is 42.5 Å². The topological polar surface area (TPSA) is 0 Å². The molecule has 0 heterocycles. The van der Waals surface area contributed by atoms with Gasteiger partial charge >= 0.3 is 0 Å². The van der Waals surface area contributed by atoms with Crippen LogP contribution in [0.25, 0.3) is 0 Å². The van der Waals surface area contributed by atoms with E-state index in [1.54, 1.807) is 0 Å². The molecule has 2 aromatic rings. The van der Waals surface area contributed by atoms with Crippen LogP contribution in [0.1, 0.15) is 0 Å². The molecule has 5 heteroatoms. The van der Waals surface area contributed by atoms with Crippen LogP contribution in [0.3, 0.4) is 0 Å². The largest absolute Gasteiger partial charge is 0.0843 e. The predicted octanol–water partition coefficient (Wildman–Crippen LogP) is 6.64. The molecule has 0 aliphatic carbocycles. The molecule has 0 aromatic heterocycles. The summed E-state index contributed by atoms with van der Waals surface area (Å²) < 4.78 is 0. The fraction of sp³-hybridized carbons (Fsp3) is 0. The fourth-order valence-electron chi connectivity index (χ4n) is 0.913. The first-order valence-corrected chi connectivity index (χ1v) is 6.40. The van der Waals surface area contributed by atoms with E-state index in [9.17, 15) is 0 Å². The molecule has 0 aliphatic heterocycles. The molecule has 0 unspecified atom stereocenters. The molecule has 17 heavy (non-hydrogen) atoms. The number of benzene rings is 2. The van der Waals surface area contributed by atoms with Crippen LogP contribution in [0, 0.1) is 0 Å². The molecule has 90 valence electrons. The van der Waals surface area contributed by atoms with Crippen molar-refractivity contribution in [2.45, 2.75) is 0 Å². The van der Waals surface area contributed by atoms with Gasteiger partial charge < -0.3 is 0 Å². The van der Waals surface area contributed by atoms with Gasteiger partial charge in [-0.1, -0.05) is 76.2 Å². The molecule has 0 aliphatic rings. The van der Waals surface area contributed by atoms with Crippen molar-refractivity contribution in [3.63, 3.8) is 0 Å². The van der Waals surface area contributed by atoms with Gasteiger partial charge in [0.2, 0.25) is 0 Å². The zero-order chi connectivity index (χ0) is 12.8. The highest BCUT2D eigenvalue weighted by Crippen LogP contribution is 2.31.